The van der Waals surface area contributed by atoms with Gasteiger partial charge < -0.3 is 4.74 Å². The molecule has 0 aromatic heterocycles. The van der Waals surface area contributed by atoms with Gasteiger partial charge in [0.1, 0.15) is 0 Å². The van der Waals surface area contributed by atoms with E-state index in [1.54, 1.807) is 5.01 Å². The Kier molecular flexibility index (Phi) is 1.15. The molecule has 7 heavy (non-hydrogen) atoms. The third-order valence-corrected chi connectivity index (χ3v) is 0.825. The van der Waals surface area contributed by atoms with Gasteiger partial charge in [0.25, 0.3) is 6.40 Å². The molecule has 1 aliphatic rings. The molecular weight excluding hydrogens is 92.1 g/mol. The molecule has 0 unspecified atom stereocenters. The van der Waals surface area contributed by atoms with Crippen molar-refractivity contribution in [3.8, 4) is 0 Å². The van der Waals surface area contributed by atoms with Gasteiger partial charge in [-0.05, 0) is 6.92 Å². The largest absolute Gasteiger partial charge is 0.450 e. The minimum absolute atomic E-state index is 0.566. The lowest BCUT2D eigenvalue weighted by Gasteiger charge is -2.04. The van der Waals surface area contributed by atoms with Gasteiger partial charge in [-0.2, -0.15) is 0 Å². The van der Waals surface area contributed by atoms with E-state index in [1.807, 2.05) is 6.92 Å². The summed E-state index contributed by atoms with van der Waals surface area (Å²) in [7, 11) is 0. The van der Waals surface area contributed by atoms with E-state index in [0.717, 1.165) is 6.54 Å². The number of hydrogen-bond acceptors (Lipinski definition) is 3. The summed E-state index contributed by atoms with van der Waals surface area (Å²) in [6.07, 6.45) is 2.37. The molecule has 39 valence electrons. The zero-order chi connectivity index (χ0) is 5.11. The van der Waals surface area contributed by atoms with E-state index in [-0.39, 0.29) is 0 Å². The summed E-state index contributed by atoms with van der Waals surface area (Å²) in [4.78, 5) is 0. The van der Waals surface area contributed by atoms with E-state index in [0.29, 0.717) is 6.73 Å². The van der Waals surface area contributed by atoms with Gasteiger partial charge in [-0.1, -0.05) is 0 Å². The molecule has 0 spiro atoms. The van der Waals surface area contributed by atoms with Crippen LogP contribution in [0.3, 0.4) is 0 Å². The highest BCUT2D eigenvalue weighted by atomic mass is 16.5. The van der Waals surface area contributed by atoms with Crippen molar-refractivity contribution in [2.45, 2.75) is 6.92 Å². The Labute approximate surface area is 42.6 Å². The number of nitrogens with zero attached hydrogens (tertiary/aromatic N) is 2. The van der Waals surface area contributed by atoms with E-state index in [4.69, 9.17) is 0 Å². The van der Waals surface area contributed by atoms with Crippen LogP contribution in [0, 0.1) is 0 Å². The maximum Gasteiger partial charge on any atom is 0.298 e. The average Bonchev–Trinajstić information content (AvgIpc) is 2.14. The van der Waals surface area contributed by atoms with Crippen LogP contribution < -0.4 is 0 Å². The number of rotatable bonds is 1. The number of hydrogen-bond donors (Lipinski definition) is 0. The van der Waals surface area contributed by atoms with Crippen LogP contribution in [0.15, 0.2) is 5.10 Å². The lowest BCUT2D eigenvalue weighted by molar-refractivity contribution is 0.179. The predicted molar refractivity (Wildman–Crippen MR) is 25.8 cm³/mol. The predicted octanol–water partition coefficient (Wildman–Crippen LogP) is 0.116. The summed E-state index contributed by atoms with van der Waals surface area (Å²) < 4.78 is 4.66. The van der Waals surface area contributed by atoms with Crippen LogP contribution in [0.1, 0.15) is 6.92 Å². The lowest BCUT2D eigenvalue weighted by Crippen LogP contribution is -2.12. The van der Waals surface area contributed by atoms with E-state index in [1.165, 1.54) is 0 Å². The number of ether oxygens (including phenoxy) is 1. The quantitative estimate of drug-likeness (QED) is 0.466. The first kappa shape index (κ1) is 4.43. The molecular formula is C4H7N2O. The van der Waals surface area contributed by atoms with Crippen LogP contribution in [-0.4, -0.2) is 24.7 Å². The maximum atomic E-state index is 4.66. The van der Waals surface area contributed by atoms with E-state index in [9.17, 15) is 0 Å². The van der Waals surface area contributed by atoms with Crippen LogP contribution >= 0.6 is 0 Å². The molecule has 3 nitrogen and oxygen atoms in total. The smallest absolute Gasteiger partial charge is 0.298 e. The minimum atomic E-state index is 0.566. The highest BCUT2D eigenvalue weighted by Crippen LogP contribution is 1.93. The first-order valence-corrected chi connectivity index (χ1v) is 2.26. The molecule has 0 atom stereocenters. The zero-order valence-electron chi connectivity index (χ0n) is 4.22. The van der Waals surface area contributed by atoms with Crippen LogP contribution in [0.25, 0.3) is 0 Å². The molecule has 0 aromatic rings. The Balaban J connectivity index is 2.28. The fraction of sp³-hybridized carbons (Fsp3) is 0.750. The van der Waals surface area contributed by atoms with Crippen LogP contribution in [0.4, 0.5) is 0 Å². The van der Waals surface area contributed by atoms with Crippen LogP contribution in [0.5, 0.6) is 0 Å². The molecule has 0 fully saturated rings. The van der Waals surface area contributed by atoms with Gasteiger partial charge >= 0.3 is 0 Å². The Morgan fingerprint density at radius 1 is 2.00 bits per heavy atom. The molecule has 1 aliphatic heterocycles. The van der Waals surface area contributed by atoms with Crippen molar-refractivity contribution in [1.82, 2.24) is 5.01 Å². The highest BCUT2D eigenvalue weighted by Gasteiger charge is 2.01. The van der Waals surface area contributed by atoms with Gasteiger partial charge in [-0.3, -0.25) is 5.01 Å². The maximum absolute atomic E-state index is 4.66. The standard InChI is InChI=1S/C4H7N2O/c1-2-6-4-7-3-5-6/h2,4H2,1H3. The molecule has 0 saturated carbocycles. The fourth-order valence-corrected chi connectivity index (χ4v) is 0.381. The summed E-state index contributed by atoms with van der Waals surface area (Å²) in [5.74, 6) is 0. The Morgan fingerprint density at radius 3 is 3.14 bits per heavy atom. The van der Waals surface area contributed by atoms with Gasteiger partial charge in [-0.25, -0.2) is 0 Å². The summed E-state index contributed by atoms with van der Waals surface area (Å²) in [6.45, 7) is 3.48. The zero-order valence-corrected chi connectivity index (χ0v) is 4.22. The topological polar surface area (TPSA) is 24.8 Å². The van der Waals surface area contributed by atoms with Crippen molar-refractivity contribution in [2.75, 3.05) is 13.3 Å². The van der Waals surface area contributed by atoms with Crippen molar-refractivity contribution < 1.29 is 4.74 Å². The molecule has 0 amide bonds. The van der Waals surface area contributed by atoms with Crippen molar-refractivity contribution in [3.05, 3.63) is 0 Å². The van der Waals surface area contributed by atoms with Gasteiger partial charge in [0, 0.05) is 6.54 Å². The first-order valence-electron chi connectivity index (χ1n) is 2.26. The molecule has 0 N–H and O–H groups in total. The molecule has 0 saturated heterocycles. The van der Waals surface area contributed by atoms with Crippen LogP contribution in [0.2, 0.25) is 0 Å². The van der Waals surface area contributed by atoms with Crippen molar-refractivity contribution in [3.63, 3.8) is 0 Å². The van der Waals surface area contributed by atoms with Gasteiger partial charge in [0.2, 0.25) is 0 Å². The second kappa shape index (κ2) is 1.82. The molecule has 1 radical (unpaired) electrons. The monoisotopic (exact) mass is 99.1 g/mol. The van der Waals surface area contributed by atoms with Crippen LogP contribution in [-0.2, 0) is 4.74 Å². The summed E-state index contributed by atoms with van der Waals surface area (Å²) in [5.41, 5.74) is 0. The molecule has 1 rings (SSSR count). The SMILES string of the molecule is CCN1CO[C]=N1. The van der Waals surface area contributed by atoms with E-state index in [2.05, 4.69) is 16.2 Å². The number of hydrazone groups is 1. The average molecular weight is 99.1 g/mol. The van der Waals surface area contributed by atoms with Crippen molar-refractivity contribution in [1.29, 1.82) is 0 Å². The van der Waals surface area contributed by atoms with Gasteiger partial charge in [0.15, 0.2) is 6.73 Å². The van der Waals surface area contributed by atoms with Crippen molar-refractivity contribution in [2.24, 2.45) is 5.10 Å². The fourth-order valence-electron chi connectivity index (χ4n) is 0.381. The lowest BCUT2D eigenvalue weighted by atomic mass is 10.7. The second-order valence-corrected chi connectivity index (χ2v) is 1.29. The minimum Gasteiger partial charge on any atom is -0.450 e. The van der Waals surface area contributed by atoms with Crippen molar-refractivity contribution >= 4 is 6.40 Å². The molecule has 3 heteroatoms. The van der Waals surface area contributed by atoms with E-state index < -0.39 is 0 Å². The Hall–Kier alpha value is -0.730. The van der Waals surface area contributed by atoms with Gasteiger partial charge in [0.05, 0.1) is 0 Å². The third-order valence-electron chi connectivity index (χ3n) is 0.825. The highest BCUT2D eigenvalue weighted by molar-refractivity contribution is 5.46. The molecule has 0 aliphatic carbocycles. The summed E-state index contributed by atoms with van der Waals surface area (Å²) >= 11 is 0. The molecule has 0 aromatic carbocycles. The summed E-state index contributed by atoms with van der Waals surface area (Å²) in [5, 5.41) is 5.49. The second-order valence-electron chi connectivity index (χ2n) is 1.29. The third kappa shape index (κ3) is 0.824. The molecule has 1 heterocycles. The first-order chi connectivity index (χ1) is 3.43. The normalized spacial score (nSPS) is 17.6. The van der Waals surface area contributed by atoms with Gasteiger partial charge in [-0.15, -0.1) is 5.10 Å². The Bertz CT molecular complexity index is 81.8. The molecule has 0 bridgehead atoms. The Morgan fingerprint density at radius 2 is 2.86 bits per heavy atom. The van der Waals surface area contributed by atoms with E-state index >= 15 is 0 Å². The summed E-state index contributed by atoms with van der Waals surface area (Å²) in [6, 6.07) is 0.